The number of benzene rings is 2. The highest BCUT2D eigenvalue weighted by Gasteiger charge is 2.07. The first-order valence-corrected chi connectivity index (χ1v) is 6.76. The van der Waals surface area contributed by atoms with Crippen LogP contribution in [0, 0.1) is 11.3 Å². The molecule has 0 saturated heterocycles. The summed E-state index contributed by atoms with van der Waals surface area (Å²) in [4.78, 5) is 11.6. The zero-order chi connectivity index (χ0) is 15.2. The van der Waals surface area contributed by atoms with Gasteiger partial charge in [0.05, 0.1) is 22.3 Å². The smallest absolute Gasteiger partial charge is 0.251 e. The van der Waals surface area contributed by atoms with Gasteiger partial charge in [-0.3, -0.25) is 4.79 Å². The van der Waals surface area contributed by atoms with Gasteiger partial charge in [0.25, 0.3) is 5.91 Å². The van der Waals surface area contributed by atoms with E-state index in [1.807, 2.05) is 18.2 Å². The lowest BCUT2D eigenvalue weighted by Crippen LogP contribution is -2.17. The standard InChI is InChI=1S/C16H14ClN3O/c1-19-16(21)13-5-6-14(17)15(8-13)20-10-12-4-2-3-11(7-12)9-18/h2-8,20H,10H2,1H3,(H,19,21). The Kier molecular flexibility index (Phi) is 4.81. The summed E-state index contributed by atoms with van der Waals surface area (Å²) in [7, 11) is 1.58. The second kappa shape index (κ2) is 6.78. The van der Waals surface area contributed by atoms with Gasteiger partial charge in [-0.05, 0) is 35.9 Å². The Labute approximate surface area is 128 Å². The predicted molar refractivity (Wildman–Crippen MR) is 83.3 cm³/mol. The van der Waals surface area contributed by atoms with Crippen molar-refractivity contribution in [2.75, 3.05) is 12.4 Å². The van der Waals surface area contributed by atoms with Crippen LogP contribution in [0.3, 0.4) is 0 Å². The Morgan fingerprint density at radius 3 is 2.81 bits per heavy atom. The summed E-state index contributed by atoms with van der Waals surface area (Å²) in [5, 5.41) is 15.2. The summed E-state index contributed by atoms with van der Waals surface area (Å²) < 4.78 is 0. The third kappa shape index (κ3) is 3.74. The highest BCUT2D eigenvalue weighted by molar-refractivity contribution is 6.33. The Morgan fingerprint density at radius 1 is 1.29 bits per heavy atom. The molecule has 5 heteroatoms. The monoisotopic (exact) mass is 299 g/mol. The van der Waals surface area contributed by atoms with Crippen molar-refractivity contribution in [2.45, 2.75) is 6.54 Å². The lowest BCUT2D eigenvalue weighted by Gasteiger charge is -2.10. The molecule has 0 aliphatic heterocycles. The van der Waals surface area contributed by atoms with Crippen molar-refractivity contribution >= 4 is 23.2 Å². The van der Waals surface area contributed by atoms with Crippen LogP contribution in [0.2, 0.25) is 5.02 Å². The maximum Gasteiger partial charge on any atom is 0.251 e. The minimum Gasteiger partial charge on any atom is -0.380 e. The Morgan fingerprint density at radius 2 is 2.10 bits per heavy atom. The molecule has 1 amide bonds. The molecule has 2 rings (SSSR count). The van der Waals surface area contributed by atoms with Gasteiger partial charge in [-0.1, -0.05) is 23.7 Å². The SMILES string of the molecule is CNC(=O)c1ccc(Cl)c(NCc2cccc(C#N)c2)c1. The molecule has 0 aromatic heterocycles. The number of anilines is 1. The number of rotatable bonds is 4. The van der Waals surface area contributed by atoms with Crippen molar-refractivity contribution in [3.63, 3.8) is 0 Å². The molecule has 0 atom stereocenters. The van der Waals surface area contributed by atoms with Crippen molar-refractivity contribution in [2.24, 2.45) is 0 Å². The highest BCUT2D eigenvalue weighted by Crippen LogP contribution is 2.23. The van der Waals surface area contributed by atoms with E-state index in [0.717, 1.165) is 5.56 Å². The molecule has 2 N–H and O–H groups in total. The van der Waals surface area contributed by atoms with Gasteiger partial charge in [0, 0.05) is 19.2 Å². The molecule has 4 nitrogen and oxygen atoms in total. The number of halogens is 1. The van der Waals surface area contributed by atoms with Gasteiger partial charge < -0.3 is 10.6 Å². The van der Waals surface area contributed by atoms with Crippen molar-refractivity contribution < 1.29 is 4.79 Å². The van der Waals surface area contributed by atoms with Gasteiger partial charge in [-0.2, -0.15) is 5.26 Å². The molecule has 0 aliphatic carbocycles. The van der Waals surface area contributed by atoms with Gasteiger partial charge in [0.15, 0.2) is 0 Å². The van der Waals surface area contributed by atoms with Crippen LogP contribution < -0.4 is 10.6 Å². The second-order valence-corrected chi connectivity index (χ2v) is 4.85. The first-order valence-electron chi connectivity index (χ1n) is 6.38. The largest absolute Gasteiger partial charge is 0.380 e. The zero-order valence-corrected chi connectivity index (χ0v) is 12.2. The molecular weight excluding hydrogens is 286 g/mol. The molecule has 2 aromatic carbocycles. The molecule has 2 aromatic rings. The summed E-state index contributed by atoms with van der Waals surface area (Å²) in [5.74, 6) is -0.166. The van der Waals surface area contributed by atoms with Gasteiger partial charge in [0.1, 0.15) is 0 Å². The summed E-state index contributed by atoms with van der Waals surface area (Å²) in [6.07, 6.45) is 0. The van der Waals surface area contributed by atoms with Crippen molar-refractivity contribution in [1.82, 2.24) is 5.32 Å². The van der Waals surface area contributed by atoms with Crippen LogP contribution in [0.1, 0.15) is 21.5 Å². The van der Waals surface area contributed by atoms with E-state index in [1.54, 1.807) is 31.3 Å². The molecule has 0 saturated carbocycles. The average molecular weight is 300 g/mol. The third-order valence-corrected chi connectivity index (χ3v) is 3.32. The first kappa shape index (κ1) is 14.9. The molecule has 106 valence electrons. The Hall–Kier alpha value is -2.51. The van der Waals surface area contributed by atoms with Crippen LogP contribution in [0.5, 0.6) is 0 Å². The molecule has 0 radical (unpaired) electrons. The van der Waals surface area contributed by atoms with Gasteiger partial charge in [-0.15, -0.1) is 0 Å². The zero-order valence-electron chi connectivity index (χ0n) is 11.5. The van der Waals surface area contributed by atoms with Crippen LogP contribution in [0.25, 0.3) is 0 Å². The molecule has 0 spiro atoms. The number of nitriles is 1. The number of hydrogen-bond acceptors (Lipinski definition) is 3. The quantitative estimate of drug-likeness (QED) is 0.911. The van der Waals surface area contributed by atoms with Crippen LogP contribution in [0.15, 0.2) is 42.5 Å². The number of carbonyl (C=O) groups is 1. The lowest BCUT2D eigenvalue weighted by atomic mass is 10.1. The van der Waals surface area contributed by atoms with E-state index in [-0.39, 0.29) is 5.91 Å². The fraction of sp³-hybridized carbons (Fsp3) is 0.125. The summed E-state index contributed by atoms with van der Waals surface area (Å²) in [6.45, 7) is 0.520. The number of nitrogens with zero attached hydrogens (tertiary/aromatic N) is 1. The normalized spacial score (nSPS) is 9.76. The number of carbonyl (C=O) groups excluding carboxylic acids is 1. The second-order valence-electron chi connectivity index (χ2n) is 4.44. The molecule has 0 fully saturated rings. The molecular formula is C16H14ClN3O. The molecule has 0 aliphatic rings. The maximum atomic E-state index is 11.6. The van der Waals surface area contributed by atoms with Crippen LogP contribution in [-0.4, -0.2) is 13.0 Å². The highest BCUT2D eigenvalue weighted by atomic mass is 35.5. The van der Waals surface area contributed by atoms with Crippen molar-refractivity contribution in [3.8, 4) is 6.07 Å². The van der Waals surface area contributed by atoms with Crippen molar-refractivity contribution in [3.05, 3.63) is 64.2 Å². The fourth-order valence-electron chi connectivity index (χ4n) is 1.89. The molecule has 21 heavy (non-hydrogen) atoms. The number of hydrogen-bond donors (Lipinski definition) is 2. The summed E-state index contributed by atoms with van der Waals surface area (Å²) >= 11 is 6.12. The molecule has 0 bridgehead atoms. The molecule has 0 heterocycles. The predicted octanol–water partition coefficient (Wildman–Crippen LogP) is 3.18. The summed E-state index contributed by atoms with van der Waals surface area (Å²) in [6, 6.07) is 14.5. The van der Waals surface area contributed by atoms with E-state index in [2.05, 4.69) is 16.7 Å². The molecule has 0 unspecified atom stereocenters. The average Bonchev–Trinajstić information content (AvgIpc) is 2.53. The maximum absolute atomic E-state index is 11.6. The fourth-order valence-corrected chi connectivity index (χ4v) is 2.08. The third-order valence-electron chi connectivity index (χ3n) is 2.99. The first-order chi connectivity index (χ1) is 10.1. The summed E-state index contributed by atoms with van der Waals surface area (Å²) in [5.41, 5.74) is 2.80. The minimum atomic E-state index is -0.166. The van der Waals surface area contributed by atoms with E-state index >= 15 is 0 Å². The Bertz CT molecular complexity index is 707. The van der Waals surface area contributed by atoms with E-state index < -0.39 is 0 Å². The van der Waals surface area contributed by atoms with Gasteiger partial charge in [0.2, 0.25) is 0 Å². The van der Waals surface area contributed by atoms with Crippen molar-refractivity contribution in [1.29, 1.82) is 5.26 Å². The van der Waals surface area contributed by atoms with Crippen LogP contribution in [-0.2, 0) is 6.54 Å². The minimum absolute atomic E-state index is 0.166. The van der Waals surface area contributed by atoms with Crippen LogP contribution >= 0.6 is 11.6 Å². The topological polar surface area (TPSA) is 64.9 Å². The van der Waals surface area contributed by atoms with E-state index in [4.69, 9.17) is 16.9 Å². The van der Waals surface area contributed by atoms with Gasteiger partial charge >= 0.3 is 0 Å². The lowest BCUT2D eigenvalue weighted by molar-refractivity contribution is 0.0963. The Balaban J connectivity index is 2.15. The van der Waals surface area contributed by atoms with Crippen LogP contribution in [0.4, 0.5) is 5.69 Å². The number of amides is 1. The van der Waals surface area contributed by atoms with E-state index in [0.29, 0.717) is 28.4 Å². The van der Waals surface area contributed by atoms with Gasteiger partial charge in [-0.25, -0.2) is 0 Å². The van der Waals surface area contributed by atoms with E-state index in [1.165, 1.54) is 0 Å². The number of nitrogens with one attached hydrogen (secondary N) is 2. The van der Waals surface area contributed by atoms with E-state index in [9.17, 15) is 4.79 Å².